The van der Waals surface area contributed by atoms with Crippen molar-refractivity contribution in [3.63, 3.8) is 0 Å². The minimum Gasteiger partial charge on any atom is -0.504 e. The van der Waals surface area contributed by atoms with Crippen LogP contribution in [0.25, 0.3) is 0 Å². The Morgan fingerprint density at radius 1 is 0.806 bits per heavy atom. The standard InChI is InChI=1S/2C11H12O4.Zn/c2*1-3-4-7-5-8(11(13)14)10(12)9(6-7)15-2;/h2*3,5-6,12H,1,4H2,2H3,(H,13,14);. The Hall–Kier alpha value is -3.32. The second kappa shape index (κ2) is 13.1. The maximum absolute atomic E-state index is 10.8. The predicted octanol–water partition coefficient (Wildman–Crippen LogP) is 3.65. The molecule has 4 N–H and O–H groups in total. The molecule has 0 aliphatic rings. The number of rotatable bonds is 8. The number of aromatic carboxylic acids is 2. The number of carboxylic acid groups (broad SMARTS) is 2. The Labute approximate surface area is 192 Å². The topological polar surface area (TPSA) is 134 Å². The third-order valence-electron chi connectivity index (χ3n) is 3.93. The van der Waals surface area contributed by atoms with E-state index in [4.69, 9.17) is 19.7 Å². The van der Waals surface area contributed by atoms with Crippen LogP contribution in [0.15, 0.2) is 49.6 Å². The molecule has 2 rings (SSSR count). The molecule has 0 fully saturated rings. The van der Waals surface area contributed by atoms with E-state index in [1.807, 2.05) is 0 Å². The van der Waals surface area contributed by atoms with E-state index >= 15 is 0 Å². The van der Waals surface area contributed by atoms with Crippen LogP contribution in [0, 0.1) is 0 Å². The van der Waals surface area contributed by atoms with Crippen molar-refractivity contribution in [2.24, 2.45) is 0 Å². The summed E-state index contributed by atoms with van der Waals surface area (Å²) in [6, 6.07) is 5.98. The fourth-order valence-electron chi connectivity index (χ4n) is 2.54. The number of carboxylic acids is 2. The third kappa shape index (κ3) is 7.46. The van der Waals surface area contributed by atoms with Crippen molar-refractivity contribution >= 4 is 11.9 Å². The van der Waals surface area contributed by atoms with E-state index < -0.39 is 11.9 Å². The molecule has 0 spiro atoms. The number of allylic oxidation sites excluding steroid dienone is 2. The average Bonchev–Trinajstić information content (AvgIpc) is 2.70. The molecular weight excluding hydrogens is 458 g/mol. The molecule has 0 radical (unpaired) electrons. The van der Waals surface area contributed by atoms with Crippen LogP contribution in [-0.2, 0) is 32.3 Å². The maximum atomic E-state index is 10.8. The number of carbonyl (C=O) groups is 2. The number of hydrogen-bond donors (Lipinski definition) is 4. The first kappa shape index (κ1) is 27.7. The molecule has 0 amide bonds. The fraction of sp³-hybridized carbons (Fsp3) is 0.182. The van der Waals surface area contributed by atoms with Gasteiger partial charge in [-0.05, 0) is 48.2 Å². The third-order valence-corrected chi connectivity index (χ3v) is 3.93. The molecule has 0 bridgehead atoms. The van der Waals surface area contributed by atoms with Gasteiger partial charge in [0, 0.05) is 19.5 Å². The van der Waals surface area contributed by atoms with Gasteiger partial charge in [-0.3, -0.25) is 0 Å². The number of aromatic hydroxyl groups is 2. The average molecular weight is 482 g/mol. The van der Waals surface area contributed by atoms with Crippen molar-refractivity contribution in [2.45, 2.75) is 12.8 Å². The summed E-state index contributed by atoms with van der Waals surface area (Å²) in [5, 5.41) is 36.7. The number of benzene rings is 2. The smallest absolute Gasteiger partial charge is 0.339 e. The second-order valence-corrected chi connectivity index (χ2v) is 5.98. The van der Waals surface area contributed by atoms with Crippen LogP contribution in [0.5, 0.6) is 23.0 Å². The van der Waals surface area contributed by atoms with Gasteiger partial charge in [-0.2, -0.15) is 0 Å². The molecule has 0 heterocycles. The van der Waals surface area contributed by atoms with Gasteiger partial charge in [0.15, 0.2) is 23.0 Å². The number of methoxy groups -OCH3 is 2. The van der Waals surface area contributed by atoms with Gasteiger partial charge in [0.2, 0.25) is 0 Å². The van der Waals surface area contributed by atoms with Gasteiger partial charge >= 0.3 is 11.9 Å². The zero-order valence-corrected chi connectivity index (χ0v) is 20.4. The fourth-order valence-corrected chi connectivity index (χ4v) is 2.54. The van der Waals surface area contributed by atoms with E-state index in [2.05, 4.69) is 13.2 Å². The van der Waals surface area contributed by atoms with E-state index in [0.717, 1.165) is 11.1 Å². The predicted molar refractivity (Wildman–Crippen MR) is 111 cm³/mol. The molecule has 162 valence electrons. The van der Waals surface area contributed by atoms with Gasteiger partial charge < -0.3 is 29.9 Å². The molecule has 0 atom stereocenters. The summed E-state index contributed by atoms with van der Waals surface area (Å²) in [6.07, 6.45) is 4.35. The van der Waals surface area contributed by atoms with Crippen molar-refractivity contribution < 1.29 is 59.0 Å². The molecule has 31 heavy (non-hydrogen) atoms. The molecular formula is C22H24O8Zn. The van der Waals surface area contributed by atoms with Crippen molar-refractivity contribution in [2.75, 3.05) is 14.2 Å². The summed E-state index contributed by atoms with van der Waals surface area (Å²) in [6.45, 7) is 7.12. The second-order valence-electron chi connectivity index (χ2n) is 5.98. The van der Waals surface area contributed by atoms with Crippen LogP contribution in [0.2, 0.25) is 0 Å². The Bertz CT molecular complexity index is 876. The Morgan fingerprint density at radius 2 is 1.13 bits per heavy atom. The summed E-state index contributed by atoms with van der Waals surface area (Å²) in [7, 11) is 2.75. The minimum absolute atomic E-state index is 0. The van der Waals surface area contributed by atoms with Gasteiger partial charge in [-0.1, -0.05) is 12.2 Å². The zero-order chi connectivity index (χ0) is 22.8. The molecule has 2 aromatic carbocycles. The molecule has 0 aliphatic carbocycles. The van der Waals surface area contributed by atoms with Crippen LogP contribution in [0.1, 0.15) is 31.8 Å². The van der Waals surface area contributed by atoms with E-state index in [1.165, 1.54) is 26.4 Å². The monoisotopic (exact) mass is 480 g/mol. The molecule has 9 heteroatoms. The quantitative estimate of drug-likeness (QED) is 0.331. The van der Waals surface area contributed by atoms with Gasteiger partial charge in [-0.25, -0.2) is 9.59 Å². The molecule has 0 aromatic heterocycles. The summed E-state index contributed by atoms with van der Waals surface area (Å²) in [4.78, 5) is 21.6. The number of phenols is 2. The van der Waals surface area contributed by atoms with Crippen LogP contribution >= 0.6 is 0 Å². The van der Waals surface area contributed by atoms with Crippen LogP contribution in [-0.4, -0.2) is 46.6 Å². The van der Waals surface area contributed by atoms with Crippen LogP contribution < -0.4 is 9.47 Å². The Balaban J connectivity index is 0.000000562. The van der Waals surface area contributed by atoms with Crippen LogP contribution in [0.3, 0.4) is 0 Å². The van der Waals surface area contributed by atoms with Gasteiger partial charge in [0.05, 0.1) is 14.2 Å². The summed E-state index contributed by atoms with van der Waals surface area (Å²) >= 11 is 0. The van der Waals surface area contributed by atoms with E-state index in [1.54, 1.807) is 24.3 Å². The summed E-state index contributed by atoms with van der Waals surface area (Å²) in [5.74, 6) is -2.75. The first-order valence-electron chi connectivity index (χ1n) is 8.68. The van der Waals surface area contributed by atoms with E-state index in [-0.39, 0.29) is 53.6 Å². The van der Waals surface area contributed by atoms with Crippen molar-refractivity contribution in [1.29, 1.82) is 0 Å². The largest absolute Gasteiger partial charge is 0.504 e. The Morgan fingerprint density at radius 3 is 1.35 bits per heavy atom. The number of ether oxygens (including phenoxy) is 2. The van der Waals surface area contributed by atoms with Gasteiger partial charge in [0.1, 0.15) is 11.1 Å². The van der Waals surface area contributed by atoms with Crippen molar-refractivity contribution in [1.82, 2.24) is 0 Å². The molecule has 0 saturated heterocycles. The normalized spacial score (nSPS) is 9.35. The molecule has 8 nitrogen and oxygen atoms in total. The summed E-state index contributed by atoms with van der Waals surface area (Å²) in [5.41, 5.74) is 1.14. The molecule has 0 aliphatic heterocycles. The van der Waals surface area contributed by atoms with Crippen molar-refractivity contribution in [3.05, 3.63) is 71.8 Å². The van der Waals surface area contributed by atoms with E-state index in [9.17, 15) is 19.8 Å². The van der Waals surface area contributed by atoms with Crippen LogP contribution in [0.4, 0.5) is 0 Å². The maximum Gasteiger partial charge on any atom is 0.339 e. The molecule has 0 saturated carbocycles. The summed E-state index contributed by atoms with van der Waals surface area (Å²) < 4.78 is 9.75. The molecule has 2 aromatic rings. The van der Waals surface area contributed by atoms with E-state index in [0.29, 0.717) is 12.8 Å². The van der Waals surface area contributed by atoms with Gasteiger partial charge in [0.25, 0.3) is 0 Å². The minimum atomic E-state index is -1.18. The first-order chi connectivity index (χ1) is 14.2. The number of hydrogen-bond acceptors (Lipinski definition) is 6. The first-order valence-corrected chi connectivity index (χ1v) is 8.68. The SMILES string of the molecule is C=CCc1cc(OC)c(O)c(C(=O)O)c1.C=CCc1cc(OC)c(O)c(C(=O)O)c1.[Zn]. The molecule has 0 unspecified atom stereocenters. The zero-order valence-electron chi connectivity index (χ0n) is 17.4. The Kier molecular flexibility index (Phi) is 11.7. The van der Waals surface area contributed by atoms with Crippen molar-refractivity contribution in [3.8, 4) is 23.0 Å². The van der Waals surface area contributed by atoms with Gasteiger partial charge in [-0.15, -0.1) is 13.2 Å².